The number of hydrogen-bond acceptors (Lipinski definition) is 3. The summed E-state index contributed by atoms with van der Waals surface area (Å²) >= 11 is 0. The molecule has 0 bridgehead atoms. The third kappa shape index (κ3) is 1.80. The zero-order valence-corrected chi connectivity index (χ0v) is 6.96. The van der Waals surface area contributed by atoms with E-state index in [1.807, 2.05) is 13.8 Å². The van der Waals surface area contributed by atoms with Gasteiger partial charge in [-0.05, 0) is 19.9 Å². The maximum atomic E-state index is 10.6. The van der Waals surface area contributed by atoms with Crippen LogP contribution in [0.15, 0.2) is 12.2 Å². The van der Waals surface area contributed by atoms with Crippen molar-refractivity contribution in [1.29, 1.82) is 0 Å². The average molecular weight is 156 g/mol. The minimum atomic E-state index is -0.339. The summed E-state index contributed by atoms with van der Waals surface area (Å²) in [6.07, 6.45) is 3.33. The fourth-order valence-electron chi connectivity index (χ4n) is 0.823. The van der Waals surface area contributed by atoms with Gasteiger partial charge in [-0.1, -0.05) is 0 Å². The maximum absolute atomic E-state index is 10.6. The molecule has 1 aliphatic heterocycles. The van der Waals surface area contributed by atoms with Crippen molar-refractivity contribution in [3.8, 4) is 0 Å². The van der Waals surface area contributed by atoms with E-state index in [4.69, 9.17) is 4.74 Å². The van der Waals surface area contributed by atoms with E-state index in [2.05, 4.69) is 4.74 Å². The Morgan fingerprint density at radius 3 is 2.64 bits per heavy atom. The second kappa shape index (κ2) is 2.66. The van der Waals surface area contributed by atoms with Gasteiger partial charge in [-0.15, -0.1) is 0 Å². The molecule has 0 unspecified atom stereocenters. The third-order valence-corrected chi connectivity index (χ3v) is 1.93. The quantitative estimate of drug-likeness (QED) is 0.338. The fraction of sp³-hybridized carbons (Fsp3) is 0.625. The van der Waals surface area contributed by atoms with Gasteiger partial charge in [0.1, 0.15) is 5.60 Å². The highest BCUT2D eigenvalue weighted by molar-refractivity contribution is 5.82. The van der Waals surface area contributed by atoms with Gasteiger partial charge in [0.15, 0.2) is 0 Å². The van der Waals surface area contributed by atoms with Gasteiger partial charge in [-0.2, -0.15) is 0 Å². The van der Waals surface area contributed by atoms with Crippen LogP contribution < -0.4 is 0 Å². The lowest BCUT2D eigenvalue weighted by Gasteiger charge is -1.94. The van der Waals surface area contributed by atoms with Crippen LogP contribution in [0.1, 0.15) is 13.8 Å². The fourth-order valence-corrected chi connectivity index (χ4v) is 0.823. The summed E-state index contributed by atoms with van der Waals surface area (Å²) in [4.78, 5) is 10.6. The van der Waals surface area contributed by atoms with E-state index in [9.17, 15) is 4.79 Å². The minimum absolute atomic E-state index is 0.211. The molecule has 1 heterocycles. The van der Waals surface area contributed by atoms with Crippen LogP contribution in [0.2, 0.25) is 0 Å². The van der Waals surface area contributed by atoms with E-state index in [1.165, 1.54) is 13.2 Å². The molecule has 0 N–H and O–H groups in total. The monoisotopic (exact) mass is 156 g/mol. The van der Waals surface area contributed by atoms with Crippen molar-refractivity contribution >= 4 is 5.97 Å². The summed E-state index contributed by atoms with van der Waals surface area (Å²) in [5.41, 5.74) is -0.242. The number of hydrogen-bond donors (Lipinski definition) is 0. The molecule has 0 radical (unpaired) electrons. The molecule has 62 valence electrons. The molecular formula is C8H12O3. The molecular weight excluding hydrogens is 144 g/mol. The van der Waals surface area contributed by atoms with Crippen molar-refractivity contribution in [2.75, 3.05) is 7.11 Å². The predicted octanol–water partition coefficient (Wildman–Crippen LogP) is 0.893. The lowest BCUT2D eigenvalue weighted by atomic mass is 10.1. The van der Waals surface area contributed by atoms with Gasteiger partial charge in [-0.25, -0.2) is 4.79 Å². The molecule has 3 heteroatoms. The van der Waals surface area contributed by atoms with Gasteiger partial charge in [0.25, 0.3) is 0 Å². The molecule has 0 saturated carbocycles. The van der Waals surface area contributed by atoms with E-state index in [1.54, 1.807) is 6.08 Å². The Hall–Kier alpha value is -0.830. The summed E-state index contributed by atoms with van der Waals surface area (Å²) in [5.74, 6) is -0.339. The molecule has 11 heavy (non-hydrogen) atoms. The van der Waals surface area contributed by atoms with Crippen LogP contribution in [0, 0.1) is 0 Å². The summed E-state index contributed by atoms with van der Waals surface area (Å²) in [5, 5.41) is 0. The smallest absolute Gasteiger partial charge is 0.330 e. The first-order chi connectivity index (χ1) is 5.08. The highest BCUT2D eigenvalue weighted by Crippen LogP contribution is 2.36. The SMILES string of the molecule is COC(=O)/C=C/[C@]1(C)O[C@@H]1C. The molecule has 3 nitrogen and oxygen atoms in total. The van der Waals surface area contributed by atoms with Crippen LogP contribution in [-0.4, -0.2) is 24.8 Å². The van der Waals surface area contributed by atoms with E-state index in [0.717, 1.165) is 0 Å². The number of methoxy groups -OCH3 is 1. The highest BCUT2D eigenvalue weighted by atomic mass is 16.6. The van der Waals surface area contributed by atoms with Gasteiger partial charge in [0.05, 0.1) is 13.2 Å². The second-order valence-corrected chi connectivity index (χ2v) is 2.80. The molecule has 0 aromatic heterocycles. The lowest BCUT2D eigenvalue weighted by molar-refractivity contribution is -0.134. The minimum Gasteiger partial charge on any atom is -0.466 e. The van der Waals surface area contributed by atoms with Crippen molar-refractivity contribution in [2.45, 2.75) is 25.6 Å². The number of rotatable bonds is 2. The van der Waals surface area contributed by atoms with Crippen LogP contribution in [-0.2, 0) is 14.3 Å². The first kappa shape index (κ1) is 8.27. The Bertz CT molecular complexity index is 198. The summed E-state index contributed by atoms with van der Waals surface area (Å²) in [7, 11) is 1.35. The number of esters is 1. The zero-order chi connectivity index (χ0) is 8.48. The number of epoxide rings is 1. The van der Waals surface area contributed by atoms with Crippen LogP contribution >= 0.6 is 0 Å². The van der Waals surface area contributed by atoms with Crippen molar-refractivity contribution < 1.29 is 14.3 Å². The van der Waals surface area contributed by atoms with Gasteiger partial charge < -0.3 is 9.47 Å². The van der Waals surface area contributed by atoms with E-state index < -0.39 is 0 Å². The molecule has 2 atom stereocenters. The van der Waals surface area contributed by atoms with Gasteiger partial charge >= 0.3 is 5.97 Å². The van der Waals surface area contributed by atoms with Crippen molar-refractivity contribution in [1.82, 2.24) is 0 Å². The van der Waals surface area contributed by atoms with Crippen molar-refractivity contribution in [2.24, 2.45) is 0 Å². The summed E-state index contributed by atoms with van der Waals surface area (Å²) in [6, 6.07) is 0. The molecule has 1 saturated heterocycles. The Kier molecular flexibility index (Phi) is 2.00. The Morgan fingerprint density at radius 1 is 1.73 bits per heavy atom. The zero-order valence-electron chi connectivity index (χ0n) is 6.96. The van der Waals surface area contributed by atoms with Crippen LogP contribution in [0.4, 0.5) is 0 Å². The van der Waals surface area contributed by atoms with Crippen LogP contribution in [0.3, 0.4) is 0 Å². The molecule has 0 aromatic rings. The van der Waals surface area contributed by atoms with Gasteiger partial charge in [-0.3, -0.25) is 0 Å². The van der Waals surface area contributed by atoms with Crippen molar-refractivity contribution in [3.05, 3.63) is 12.2 Å². The Labute approximate surface area is 66.0 Å². The van der Waals surface area contributed by atoms with E-state index >= 15 is 0 Å². The van der Waals surface area contributed by atoms with Crippen LogP contribution in [0.5, 0.6) is 0 Å². The number of carbonyl (C=O) groups excluding carboxylic acids is 1. The number of carbonyl (C=O) groups is 1. The predicted molar refractivity (Wildman–Crippen MR) is 40.1 cm³/mol. The van der Waals surface area contributed by atoms with Gasteiger partial charge in [0, 0.05) is 6.08 Å². The Balaban J connectivity index is 2.42. The first-order valence-electron chi connectivity index (χ1n) is 3.53. The van der Waals surface area contributed by atoms with E-state index in [0.29, 0.717) is 0 Å². The highest BCUT2D eigenvalue weighted by Gasteiger charge is 2.46. The standard InChI is InChI=1S/C8H12O3/c1-6-8(2,11-6)5-4-7(9)10-3/h4-6H,1-3H3/b5-4+/t6-,8+/m1/s1. The van der Waals surface area contributed by atoms with Crippen LogP contribution in [0.25, 0.3) is 0 Å². The third-order valence-electron chi connectivity index (χ3n) is 1.93. The van der Waals surface area contributed by atoms with Gasteiger partial charge in [0.2, 0.25) is 0 Å². The lowest BCUT2D eigenvalue weighted by Crippen LogP contribution is -2.04. The summed E-state index contributed by atoms with van der Waals surface area (Å²) in [6.45, 7) is 3.89. The molecule has 0 aliphatic carbocycles. The molecule has 1 rings (SSSR count). The first-order valence-corrected chi connectivity index (χ1v) is 3.53. The normalized spacial score (nSPS) is 35.7. The summed E-state index contributed by atoms with van der Waals surface area (Å²) < 4.78 is 9.63. The topological polar surface area (TPSA) is 38.8 Å². The molecule has 1 fully saturated rings. The molecule has 0 aromatic carbocycles. The molecule has 0 spiro atoms. The Morgan fingerprint density at radius 2 is 2.27 bits per heavy atom. The molecule has 0 amide bonds. The maximum Gasteiger partial charge on any atom is 0.330 e. The largest absolute Gasteiger partial charge is 0.466 e. The average Bonchev–Trinajstić information content (AvgIpc) is 2.56. The second-order valence-electron chi connectivity index (χ2n) is 2.80. The van der Waals surface area contributed by atoms with Crippen molar-refractivity contribution in [3.63, 3.8) is 0 Å². The van der Waals surface area contributed by atoms with E-state index in [-0.39, 0.29) is 17.7 Å². The molecule has 1 aliphatic rings. The number of ether oxygens (including phenoxy) is 2.